The third-order valence-electron chi connectivity index (χ3n) is 4.86. The molecular formula is C23H27NO5. The molecule has 1 aliphatic rings. The topological polar surface area (TPSA) is 65.1 Å². The number of esters is 1. The maximum absolute atomic E-state index is 13.0. The number of benzene rings is 2. The summed E-state index contributed by atoms with van der Waals surface area (Å²) in [5, 5.41) is 0. The van der Waals surface area contributed by atoms with Crippen LogP contribution in [0.5, 0.6) is 11.5 Å². The second-order valence-corrected chi connectivity index (χ2v) is 6.97. The molecule has 0 unspecified atom stereocenters. The van der Waals surface area contributed by atoms with E-state index in [-0.39, 0.29) is 11.9 Å². The highest BCUT2D eigenvalue weighted by molar-refractivity contribution is 6.01. The number of rotatable bonds is 7. The van der Waals surface area contributed by atoms with E-state index in [1.54, 1.807) is 30.0 Å². The number of nitrogens with zero attached hydrogens (tertiary/aromatic N) is 1. The number of fused-ring (bicyclic) bond motifs is 1. The van der Waals surface area contributed by atoms with Gasteiger partial charge in [-0.2, -0.15) is 0 Å². The van der Waals surface area contributed by atoms with Crippen molar-refractivity contribution in [3.05, 3.63) is 53.6 Å². The summed E-state index contributed by atoms with van der Waals surface area (Å²) in [5.41, 5.74) is 2.32. The van der Waals surface area contributed by atoms with Gasteiger partial charge in [0.15, 0.2) is 17.6 Å². The SMILES string of the molecule is CCOc1ccc(C(=O)O[C@@H](C)C(=O)N2c3ccccc3C[C@H]2C)cc1OCC. The zero-order chi connectivity index (χ0) is 21.0. The van der Waals surface area contributed by atoms with Crippen LogP contribution in [0.15, 0.2) is 42.5 Å². The fraction of sp³-hybridized carbons (Fsp3) is 0.391. The van der Waals surface area contributed by atoms with Gasteiger partial charge in [0, 0.05) is 11.7 Å². The molecule has 0 aliphatic carbocycles. The van der Waals surface area contributed by atoms with Gasteiger partial charge in [0.1, 0.15) is 0 Å². The highest BCUT2D eigenvalue weighted by Gasteiger charge is 2.34. The largest absolute Gasteiger partial charge is 0.490 e. The number of carbonyl (C=O) groups excluding carboxylic acids is 2. The van der Waals surface area contributed by atoms with Crippen molar-refractivity contribution in [1.82, 2.24) is 0 Å². The molecule has 1 amide bonds. The fourth-order valence-electron chi connectivity index (χ4n) is 3.55. The van der Waals surface area contributed by atoms with E-state index in [2.05, 4.69) is 0 Å². The third-order valence-corrected chi connectivity index (χ3v) is 4.86. The first kappa shape index (κ1) is 20.7. The van der Waals surface area contributed by atoms with Crippen molar-refractivity contribution in [1.29, 1.82) is 0 Å². The van der Waals surface area contributed by atoms with E-state index >= 15 is 0 Å². The summed E-state index contributed by atoms with van der Waals surface area (Å²) in [5.74, 6) is 0.240. The van der Waals surface area contributed by atoms with Crippen molar-refractivity contribution >= 4 is 17.6 Å². The first-order valence-corrected chi connectivity index (χ1v) is 9.97. The van der Waals surface area contributed by atoms with E-state index in [0.717, 1.165) is 17.7 Å². The number of carbonyl (C=O) groups is 2. The van der Waals surface area contributed by atoms with Crippen molar-refractivity contribution in [3.8, 4) is 11.5 Å². The Morgan fingerprint density at radius 3 is 2.48 bits per heavy atom. The molecule has 2 aromatic carbocycles. The first-order chi connectivity index (χ1) is 14.0. The summed E-state index contributed by atoms with van der Waals surface area (Å²) in [4.78, 5) is 27.4. The molecule has 3 rings (SSSR count). The van der Waals surface area contributed by atoms with Gasteiger partial charge in [-0.15, -0.1) is 0 Å². The summed E-state index contributed by atoms with van der Waals surface area (Å²) in [6.07, 6.45) is -0.114. The Labute approximate surface area is 171 Å². The molecule has 6 nitrogen and oxygen atoms in total. The Morgan fingerprint density at radius 1 is 1.07 bits per heavy atom. The molecule has 6 heteroatoms. The predicted molar refractivity (Wildman–Crippen MR) is 111 cm³/mol. The lowest BCUT2D eigenvalue weighted by Gasteiger charge is -2.26. The maximum Gasteiger partial charge on any atom is 0.339 e. The van der Waals surface area contributed by atoms with Crippen LogP contribution in [0.3, 0.4) is 0 Å². The molecule has 1 aliphatic heterocycles. The molecule has 0 saturated heterocycles. The molecule has 2 atom stereocenters. The number of para-hydroxylation sites is 1. The van der Waals surface area contributed by atoms with Crippen LogP contribution in [-0.2, 0) is 16.0 Å². The van der Waals surface area contributed by atoms with Gasteiger partial charge in [-0.25, -0.2) is 4.79 Å². The van der Waals surface area contributed by atoms with Crippen LogP contribution in [-0.4, -0.2) is 37.2 Å². The Hall–Kier alpha value is -3.02. The lowest BCUT2D eigenvalue weighted by Crippen LogP contribution is -2.43. The Balaban J connectivity index is 1.73. The highest BCUT2D eigenvalue weighted by Crippen LogP contribution is 2.33. The van der Waals surface area contributed by atoms with Crippen molar-refractivity contribution in [3.63, 3.8) is 0 Å². The molecule has 0 fully saturated rings. The van der Waals surface area contributed by atoms with Crippen molar-refractivity contribution in [2.24, 2.45) is 0 Å². The summed E-state index contributed by atoms with van der Waals surface area (Å²) < 4.78 is 16.6. The Kier molecular flexibility index (Phi) is 6.42. The van der Waals surface area contributed by atoms with Crippen LogP contribution >= 0.6 is 0 Å². The minimum Gasteiger partial charge on any atom is -0.490 e. The van der Waals surface area contributed by atoms with E-state index in [1.807, 2.05) is 45.0 Å². The summed E-state index contributed by atoms with van der Waals surface area (Å²) in [6.45, 7) is 8.27. The third kappa shape index (κ3) is 4.36. The van der Waals surface area contributed by atoms with Gasteiger partial charge in [-0.1, -0.05) is 18.2 Å². The van der Waals surface area contributed by atoms with Gasteiger partial charge in [0.2, 0.25) is 0 Å². The van der Waals surface area contributed by atoms with Gasteiger partial charge < -0.3 is 19.1 Å². The number of hydrogen-bond acceptors (Lipinski definition) is 5. The van der Waals surface area contributed by atoms with Gasteiger partial charge in [0.05, 0.1) is 18.8 Å². The number of hydrogen-bond donors (Lipinski definition) is 0. The average molecular weight is 397 g/mol. The monoisotopic (exact) mass is 397 g/mol. The lowest BCUT2D eigenvalue weighted by molar-refractivity contribution is -0.126. The minimum absolute atomic E-state index is 0.0242. The molecule has 0 N–H and O–H groups in total. The van der Waals surface area contributed by atoms with Crippen LogP contribution in [0.2, 0.25) is 0 Å². The lowest BCUT2D eigenvalue weighted by atomic mass is 10.1. The van der Waals surface area contributed by atoms with Crippen LogP contribution in [0.4, 0.5) is 5.69 Å². The maximum atomic E-state index is 13.0. The number of anilines is 1. The van der Waals surface area contributed by atoms with Gasteiger partial charge in [0.25, 0.3) is 5.91 Å². The van der Waals surface area contributed by atoms with Crippen molar-refractivity contribution < 1.29 is 23.8 Å². The average Bonchev–Trinajstić information content (AvgIpc) is 3.04. The zero-order valence-electron chi connectivity index (χ0n) is 17.3. The van der Waals surface area contributed by atoms with E-state index in [1.165, 1.54) is 0 Å². The molecule has 29 heavy (non-hydrogen) atoms. The van der Waals surface area contributed by atoms with E-state index in [0.29, 0.717) is 30.3 Å². The standard InChI is InChI=1S/C23H27NO5/c1-5-27-20-12-11-18(14-21(20)28-6-2)23(26)29-16(4)22(25)24-15(3)13-17-9-7-8-10-19(17)24/h7-12,14-16H,5-6,13H2,1-4H3/t15-,16+/m1/s1. The van der Waals surface area contributed by atoms with E-state index < -0.39 is 12.1 Å². The minimum atomic E-state index is -0.904. The van der Waals surface area contributed by atoms with Crippen molar-refractivity contribution in [2.45, 2.75) is 46.3 Å². The van der Waals surface area contributed by atoms with E-state index in [4.69, 9.17) is 14.2 Å². The zero-order valence-corrected chi connectivity index (χ0v) is 17.3. The Morgan fingerprint density at radius 2 is 1.76 bits per heavy atom. The molecule has 1 heterocycles. The van der Waals surface area contributed by atoms with Gasteiger partial charge >= 0.3 is 5.97 Å². The molecule has 2 aromatic rings. The molecule has 0 bridgehead atoms. The van der Waals surface area contributed by atoms with Gasteiger partial charge in [-0.05, 0) is 63.9 Å². The quantitative estimate of drug-likeness (QED) is 0.661. The number of ether oxygens (including phenoxy) is 3. The Bertz CT molecular complexity index is 895. The molecule has 0 aromatic heterocycles. The first-order valence-electron chi connectivity index (χ1n) is 9.97. The van der Waals surface area contributed by atoms with Crippen LogP contribution < -0.4 is 14.4 Å². The van der Waals surface area contributed by atoms with Crippen LogP contribution in [0.25, 0.3) is 0 Å². The number of amides is 1. The summed E-state index contributed by atoms with van der Waals surface area (Å²) in [7, 11) is 0. The van der Waals surface area contributed by atoms with Crippen LogP contribution in [0, 0.1) is 0 Å². The predicted octanol–water partition coefficient (Wildman–Crippen LogP) is 4.01. The second-order valence-electron chi connectivity index (χ2n) is 6.97. The molecule has 0 saturated carbocycles. The van der Waals surface area contributed by atoms with E-state index in [9.17, 15) is 9.59 Å². The highest BCUT2D eigenvalue weighted by atomic mass is 16.5. The summed E-state index contributed by atoms with van der Waals surface area (Å²) in [6, 6.07) is 12.7. The molecule has 154 valence electrons. The van der Waals surface area contributed by atoms with Crippen LogP contribution in [0.1, 0.15) is 43.6 Å². The molecular weight excluding hydrogens is 370 g/mol. The normalized spacial score (nSPS) is 16.1. The summed E-state index contributed by atoms with van der Waals surface area (Å²) >= 11 is 0. The molecule has 0 spiro atoms. The second kappa shape index (κ2) is 8.99. The van der Waals surface area contributed by atoms with Gasteiger partial charge in [-0.3, -0.25) is 4.79 Å². The fourth-order valence-corrected chi connectivity index (χ4v) is 3.55. The van der Waals surface area contributed by atoms with Crippen molar-refractivity contribution in [2.75, 3.05) is 18.1 Å². The smallest absolute Gasteiger partial charge is 0.339 e. The molecule has 0 radical (unpaired) electrons.